The molecule has 0 amide bonds. The molecule has 1 aliphatic heterocycles. The zero-order valence-electron chi connectivity index (χ0n) is 10.9. The SMILES string of the molecule is O=S1(=O)C2CC[C@](O)(c3nnn[nH]3)C2C[C@@H]1CCCO. The van der Waals surface area contributed by atoms with Gasteiger partial charge < -0.3 is 10.2 Å². The lowest BCUT2D eigenvalue weighted by atomic mass is 9.86. The predicted octanol–water partition coefficient (Wildman–Crippen LogP) is -0.875. The molecule has 2 unspecified atom stereocenters. The fraction of sp³-hybridized carbons (Fsp3) is 0.909. The van der Waals surface area contributed by atoms with Crippen molar-refractivity contribution in [3.8, 4) is 0 Å². The summed E-state index contributed by atoms with van der Waals surface area (Å²) in [5.74, 6) is -0.117. The van der Waals surface area contributed by atoms with Crippen LogP contribution in [0.15, 0.2) is 0 Å². The summed E-state index contributed by atoms with van der Waals surface area (Å²) in [5, 5.41) is 31.9. The van der Waals surface area contributed by atoms with Crippen LogP contribution in [0.5, 0.6) is 0 Å². The van der Waals surface area contributed by atoms with Crippen molar-refractivity contribution in [1.82, 2.24) is 20.6 Å². The summed E-state index contributed by atoms with van der Waals surface area (Å²) in [6, 6.07) is 0. The molecule has 1 aromatic heterocycles. The van der Waals surface area contributed by atoms with E-state index in [0.717, 1.165) is 0 Å². The lowest BCUT2D eigenvalue weighted by Crippen LogP contribution is -2.34. The topological polar surface area (TPSA) is 129 Å². The van der Waals surface area contributed by atoms with Crippen LogP contribution in [0.3, 0.4) is 0 Å². The minimum atomic E-state index is -3.25. The van der Waals surface area contributed by atoms with E-state index in [2.05, 4.69) is 20.6 Å². The molecule has 2 fully saturated rings. The molecule has 0 aromatic carbocycles. The van der Waals surface area contributed by atoms with Gasteiger partial charge in [-0.05, 0) is 42.5 Å². The van der Waals surface area contributed by atoms with Crippen LogP contribution in [0.2, 0.25) is 0 Å². The van der Waals surface area contributed by atoms with Crippen molar-refractivity contribution in [2.24, 2.45) is 5.92 Å². The Morgan fingerprint density at radius 3 is 2.90 bits per heavy atom. The molecular weight excluding hydrogens is 284 g/mol. The molecule has 3 N–H and O–H groups in total. The first-order valence-corrected chi connectivity index (χ1v) is 8.41. The third-order valence-electron chi connectivity index (χ3n) is 4.72. The zero-order chi connectivity index (χ0) is 14.4. The normalized spacial score (nSPS) is 39.0. The van der Waals surface area contributed by atoms with Gasteiger partial charge >= 0.3 is 0 Å². The number of aromatic amines is 1. The summed E-state index contributed by atoms with van der Waals surface area (Å²) < 4.78 is 25.0. The van der Waals surface area contributed by atoms with Gasteiger partial charge in [0.05, 0.1) is 10.5 Å². The number of fused-ring (bicyclic) bond motifs is 1. The predicted molar refractivity (Wildman–Crippen MR) is 68.2 cm³/mol. The van der Waals surface area contributed by atoms with E-state index in [1.165, 1.54) is 0 Å². The molecule has 0 spiro atoms. The average molecular weight is 302 g/mol. The van der Waals surface area contributed by atoms with Gasteiger partial charge in [-0.3, -0.25) is 0 Å². The first-order chi connectivity index (χ1) is 9.50. The molecule has 0 radical (unpaired) electrons. The average Bonchev–Trinajstić information content (AvgIpc) is 3.07. The second-order valence-electron chi connectivity index (χ2n) is 5.67. The van der Waals surface area contributed by atoms with Gasteiger partial charge in [0, 0.05) is 12.5 Å². The molecule has 20 heavy (non-hydrogen) atoms. The number of sulfone groups is 1. The van der Waals surface area contributed by atoms with E-state index in [1.54, 1.807) is 0 Å². The fourth-order valence-corrected chi connectivity index (χ4v) is 6.40. The van der Waals surface area contributed by atoms with Gasteiger partial charge in [0.15, 0.2) is 15.7 Å². The summed E-state index contributed by atoms with van der Waals surface area (Å²) in [4.78, 5) is 0. The molecule has 1 saturated carbocycles. The van der Waals surface area contributed by atoms with Gasteiger partial charge in [-0.25, -0.2) is 13.5 Å². The molecule has 1 saturated heterocycles. The van der Waals surface area contributed by atoms with Gasteiger partial charge in [0.2, 0.25) is 0 Å². The number of aliphatic hydroxyl groups excluding tert-OH is 1. The van der Waals surface area contributed by atoms with Crippen molar-refractivity contribution in [3.05, 3.63) is 5.82 Å². The van der Waals surface area contributed by atoms with Gasteiger partial charge in [-0.15, -0.1) is 5.10 Å². The smallest absolute Gasteiger partial charge is 0.180 e. The third kappa shape index (κ3) is 1.87. The largest absolute Gasteiger partial charge is 0.396 e. The van der Waals surface area contributed by atoms with Crippen molar-refractivity contribution in [3.63, 3.8) is 0 Å². The Balaban J connectivity index is 1.89. The Morgan fingerprint density at radius 1 is 1.45 bits per heavy atom. The molecule has 112 valence electrons. The Hall–Kier alpha value is -1.06. The molecule has 0 bridgehead atoms. The van der Waals surface area contributed by atoms with Crippen LogP contribution in [-0.2, 0) is 15.4 Å². The van der Waals surface area contributed by atoms with Crippen LogP contribution in [0.25, 0.3) is 0 Å². The number of hydrogen-bond donors (Lipinski definition) is 3. The van der Waals surface area contributed by atoms with Crippen LogP contribution >= 0.6 is 0 Å². The van der Waals surface area contributed by atoms with E-state index in [1.807, 2.05) is 0 Å². The van der Waals surface area contributed by atoms with E-state index in [9.17, 15) is 13.5 Å². The molecule has 1 aliphatic carbocycles. The van der Waals surface area contributed by atoms with E-state index < -0.39 is 25.9 Å². The van der Waals surface area contributed by atoms with E-state index in [0.29, 0.717) is 32.1 Å². The van der Waals surface area contributed by atoms with Crippen LogP contribution in [0.4, 0.5) is 0 Å². The van der Waals surface area contributed by atoms with Crippen LogP contribution in [-0.4, -0.2) is 56.4 Å². The van der Waals surface area contributed by atoms with Gasteiger partial charge in [-0.1, -0.05) is 0 Å². The number of hydrogen-bond acceptors (Lipinski definition) is 7. The van der Waals surface area contributed by atoms with Crippen molar-refractivity contribution in [1.29, 1.82) is 0 Å². The Bertz CT molecular complexity index is 575. The third-order valence-corrected chi connectivity index (χ3v) is 7.48. The molecular formula is C11H18N4O4S. The van der Waals surface area contributed by atoms with E-state index >= 15 is 0 Å². The summed E-state index contributed by atoms with van der Waals surface area (Å²) in [6.45, 7) is -0.0162. The molecule has 2 aliphatic rings. The van der Waals surface area contributed by atoms with Crippen LogP contribution in [0.1, 0.15) is 37.9 Å². The fourth-order valence-electron chi connectivity index (χ4n) is 3.70. The second kappa shape index (κ2) is 4.74. The van der Waals surface area contributed by atoms with Crippen molar-refractivity contribution >= 4 is 9.84 Å². The zero-order valence-corrected chi connectivity index (χ0v) is 11.8. The summed E-state index contributed by atoms with van der Waals surface area (Å²) in [6.07, 6.45) is 2.09. The number of H-pyrrole nitrogens is 1. The van der Waals surface area contributed by atoms with Gasteiger partial charge in [0.1, 0.15) is 5.60 Å². The highest BCUT2D eigenvalue weighted by Crippen LogP contribution is 2.53. The quantitative estimate of drug-likeness (QED) is 0.659. The maximum atomic E-state index is 12.5. The van der Waals surface area contributed by atoms with Crippen LogP contribution < -0.4 is 0 Å². The Morgan fingerprint density at radius 2 is 2.25 bits per heavy atom. The number of aromatic nitrogens is 4. The maximum Gasteiger partial charge on any atom is 0.180 e. The standard InChI is InChI=1S/C11H18N4O4S/c16-5-1-2-7-6-8-9(20(7,18)19)3-4-11(8,17)10-12-14-15-13-10/h7-9,16-17H,1-6H2,(H,12,13,14,15)/t7-,8?,9?,11+/m0/s1. The minimum absolute atomic E-state index is 0.0162. The Kier molecular flexibility index (Phi) is 3.30. The highest BCUT2D eigenvalue weighted by molar-refractivity contribution is 7.93. The molecule has 4 atom stereocenters. The second-order valence-corrected chi connectivity index (χ2v) is 8.12. The lowest BCUT2D eigenvalue weighted by molar-refractivity contribution is -0.0111. The van der Waals surface area contributed by atoms with Crippen molar-refractivity contribution in [2.45, 2.75) is 48.2 Å². The van der Waals surface area contributed by atoms with Gasteiger partial charge in [0.25, 0.3) is 0 Å². The highest BCUT2D eigenvalue weighted by atomic mass is 32.2. The molecule has 9 heteroatoms. The van der Waals surface area contributed by atoms with Crippen LogP contribution in [0, 0.1) is 5.92 Å². The lowest BCUT2D eigenvalue weighted by Gasteiger charge is -2.25. The molecule has 8 nitrogen and oxygen atoms in total. The number of aliphatic hydroxyl groups is 2. The number of nitrogens with zero attached hydrogens (tertiary/aromatic N) is 3. The minimum Gasteiger partial charge on any atom is -0.396 e. The van der Waals surface area contributed by atoms with E-state index in [-0.39, 0.29) is 18.3 Å². The van der Waals surface area contributed by atoms with E-state index in [4.69, 9.17) is 5.11 Å². The highest BCUT2D eigenvalue weighted by Gasteiger charge is 2.61. The van der Waals surface area contributed by atoms with Gasteiger partial charge in [-0.2, -0.15) is 0 Å². The monoisotopic (exact) mass is 302 g/mol. The Labute approximate surface area is 116 Å². The summed E-state index contributed by atoms with van der Waals surface area (Å²) in [5.41, 5.74) is -1.28. The first kappa shape index (κ1) is 13.9. The van der Waals surface area contributed by atoms with Crippen molar-refractivity contribution in [2.75, 3.05) is 6.61 Å². The summed E-state index contributed by atoms with van der Waals surface area (Å²) in [7, 11) is -3.25. The van der Waals surface area contributed by atoms with Crippen molar-refractivity contribution < 1.29 is 18.6 Å². The first-order valence-electron chi connectivity index (χ1n) is 6.80. The molecule has 3 rings (SSSR count). The number of tetrazole rings is 1. The summed E-state index contributed by atoms with van der Waals surface area (Å²) >= 11 is 0. The number of nitrogens with one attached hydrogen (secondary N) is 1. The maximum absolute atomic E-state index is 12.5. The molecule has 2 heterocycles. The number of rotatable bonds is 4. The molecule has 1 aromatic rings.